The molecule has 0 N–H and O–H groups in total. The molecule has 0 bridgehead atoms. The minimum Gasteiger partial charge on any atom is -0.456 e. The van der Waals surface area contributed by atoms with Gasteiger partial charge in [-0.3, -0.25) is 0 Å². The van der Waals surface area contributed by atoms with E-state index in [1.807, 2.05) is 12.1 Å². The van der Waals surface area contributed by atoms with Crippen LogP contribution in [0.25, 0.3) is 66.9 Å². The highest BCUT2D eigenvalue weighted by Gasteiger charge is 2.43. The fourth-order valence-electron chi connectivity index (χ4n) is 8.69. The summed E-state index contributed by atoms with van der Waals surface area (Å²) < 4.78 is 8.49. The van der Waals surface area contributed by atoms with Gasteiger partial charge in [-0.25, -0.2) is 0 Å². The first kappa shape index (κ1) is 28.3. The molecule has 0 saturated carbocycles. The molecule has 2 atom stereocenters. The first-order chi connectivity index (χ1) is 25.3. The van der Waals surface area contributed by atoms with Gasteiger partial charge in [0.2, 0.25) is 0 Å². The SMILES string of the molecule is C1=CC2C(c3ccccc3N2c2ccc(-c3ccc(-c4ccc5oc6ccccc6c5c4)cc3)cc2)c2c1n(-c1ccccc1)c1ccccc21. The minimum absolute atomic E-state index is 0.180. The zero-order valence-electron chi connectivity index (χ0n) is 27.8. The molecule has 3 nitrogen and oxygen atoms in total. The molecule has 3 heterocycles. The van der Waals surface area contributed by atoms with Crippen LogP contribution in [0.15, 0.2) is 180 Å². The van der Waals surface area contributed by atoms with Crippen molar-refractivity contribution in [1.29, 1.82) is 0 Å². The first-order valence-electron chi connectivity index (χ1n) is 17.7. The highest BCUT2D eigenvalue weighted by Crippen LogP contribution is 2.54. The van der Waals surface area contributed by atoms with Crippen molar-refractivity contribution in [3.8, 4) is 27.9 Å². The van der Waals surface area contributed by atoms with E-state index in [4.69, 9.17) is 4.42 Å². The normalized spacial score (nSPS) is 16.1. The Bertz CT molecular complexity index is 2800. The Labute approximate surface area is 295 Å². The fourth-order valence-corrected chi connectivity index (χ4v) is 8.69. The Kier molecular flexibility index (Phi) is 6.08. The molecule has 0 spiro atoms. The predicted molar refractivity (Wildman–Crippen MR) is 211 cm³/mol. The average molecular weight is 653 g/mol. The number of hydrogen-bond donors (Lipinski definition) is 0. The zero-order chi connectivity index (χ0) is 33.5. The van der Waals surface area contributed by atoms with Crippen molar-refractivity contribution in [3.63, 3.8) is 0 Å². The summed E-state index contributed by atoms with van der Waals surface area (Å²) in [5, 5.41) is 3.63. The summed E-state index contributed by atoms with van der Waals surface area (Å²) >= 11 is 0. The number of benzene rings is 7. The van der Waals surface area contributed by atoms with E-state index in [1.165, 1.54) is 67.0 Å². The van der Waals surface area contributed by atoms with Crippen LogP contribution in [0, 0.1) is 0 Å². The van der Waals surface area contributed by atoms with Gasteiger partial charge in [-0.1, -0.05) is 121 Å². The van der Waals surface area contributed by atoms with E-state index in [2.05, 4.69) is 179 Å². The van der Waals surface area contributed by atoms with Gasteiger partial charge in [0, 0.05) is 39.1 Å². The van der Waals surface area contributed by atoms with E-state index in [9.17, 15) is 0 Å². The number of hydrogen-bond acceptors (Lipinski definition) is 2. The van der Waals surface area contributed by atoms with E-state index in [-0.39, 0.29) is 12.0 Å². The summed E-state index contributed by atoms with van der Waals surface area (Å²) in [5.41, 5.74) is 15.6. The van der Waals surface area contributed by atoms with E-state index in [1.54, 1.807) is 0 Å². The van der Waals surface area contributed by atoms with Crippen molar-refractivity contribution >= 4 is 50.3 Å². The topological polar surface area (TPSA) is 21.3 Å². The minimum atomic E-state index is 0.180. The molecule has 9 aromatic rings. The van der Waals surface area contributed by atoms with Crippen LogP contribution in [0.1, 0.15) is 22.7 Å². The lowest BCUT2D eigenvalue weighted by Crippen LogP contribution is -2.30. The molecule has 0 amide bonds. The maximum absolute atomic E-state index is 6.06. The summed E-state index contributed by atoms with van der Waals surface area (Å²) in [6.07, 6.45) is 4.77. The second-order valence-corrected chi connectivity index (χ2v) is 13.7. The largest absolute Gasteiger partial charge is 0.456 e. The van der Waals surface area contributed by atoms with E-state index < -0.39 is 0 Å². The van der Waals surface area contributed by atoms with Crippen LogP contribution in [0.3, 0.4) is 0 Å². The number of rotatable bonds is 4. The monoisotopic (exact) mass is 652 g/mol. The molecule has 1 aliphatic carbocycles. The molecule has 0 fully saturated rings. The van der Waals surface area contributed by atoms with Gasteiger partial charge < -0.3 is 13.9 Å². The third-order valence-corrected chi connectivity index (χ3v) is 11.0. The molecule has 2 aliphatic rings. The summed E-state index contributed by atoms with van der Waals surface area (Å²) in [4.78, 5) is 2.54. The van der Waals surface area contributed by atoms with Gasteiger partial charge >= 0.3 is 0 Å². The standard InChI is InChI=1S/C48H32N2O/c1-2-10-35(11-3-1)49-41-15-7-4-13-38(41)47-43(49)27-28-44-48(47)39-14-5-8-16-42(39)50(44)36-25-22-32(23-26-36)31-18-20-33(21-19-31)34-24-29-46-40(30-34)37-12-6-9-17-45(37)51-46/h1-30,44,48H. The van der Waals surface area contributed by atoms with Crippen LogP contribution in [0.5, 0.6) is 0 Å². The van der Waals surface area contributed by atoms with Gasteiger partial charge in [-0.15, -0.1) is 0 Å². The van der Waals surface area contributed by atoms with Crippen LogP contribution < -0.4 is 4.90 Å². The lowest BCUT2D eigenvalue weighted by molar-refractivity contribution is 0.669. The number of nitrogens with zero attached hydrogens (tertiary/aromatic N) is 2. The molecule has 0 saturated heterocycles. The third kappa shape index (κ3) is 4.25. The van der Waals surface area contributed by atoms with Crippen molar-refractivity contribution in [1.82, 2.24) is 4.57 Å². The van der Waals surface area contributed by atoms with Crippen molar-refractivity contribution in [2.75, 3.05) is 4.90 Å². The zero-order valence-corrected chi connectivity index (χ0v) is 27.8. The number of furan rings is 1. The number of anilines is 2. The van der Waals surface area contributed by atoms with Gasteiger partial charge in [0.25, 0.3) is 0 Å². The van der Waals surface area contributed by atoms with Crippen LogP contribution in [0.4, 0.5) is 11.4 Å². The van der Waals surface area contributed by atoms with Crippen molar-refractivity contribution in [3.05, 3.63) is 193 Å². The van der Waals surface area contributed by atoms with Crippen molar-refractivity contribution < 1.29 is 4.42 Å². The van der Waals surface area contributed by atoms with E-state index in [0.29, 0.717) is 0 Å². The summed E-state index contributed by atoms with van der Waals surface area (Å²) in [5.74, 6) is 0.225. The lowest BCUT2D eigenvalue weighted by atomic mass is 9.82. The van der Waals surface area contributed by atoms with Gasteiger partial charge in [0.05, 0.1) is 17.3 Å². The van der Waals surface area contributed by atoms with Crippen LogP contribution in [0.2, 0.25) is 0 Å². The lowest BCUT2D eigenvalue weighted by Gasteiger charge is -2.31. The van der Waals surface area contributed by atoms with Gasteiger partial charge in [0.15, 0.2) is 0 Å². The second-order valence-electron chi connectivity index (χ2n) is 13.7. The Morgan fingerprint density at radius 2 is 1.10 bits per heavy atom. The fraction of sp³-hybridized carbons (Fsp3) is 0.0417. The van der Waals surface area contributed by atoms with Crippen molar-refractivity contribution in [2.24, 2.45) is 0 Å². The maximum Gasteiger partial charge on any atom is 0.135 e. The molecule has 1 aliphatic heterocycles. The highest BCUT2D eigenvalue weighted by atomic mass is 16.3. The van der Waals surface area contributed by atoms with E-state index >= 15 is 0 Å². The second kappa shape index (κ2) is 11.0. The highest BCUT2D eigenvalue weighted by molar-refractivity contribution is 6.06. The summed E-state index contributed by atoms with van der Waals surface area (Å²) in [6, 6.07) is 61.5. The quantitative estimate of drug-likeness (QED) is 0.189. The molecule has 0 radical (unpaired) electrons. The Balaban J connectivity index is 0.941. The smallest absolute Gasteiger partial charge is 0.135 e. The van der Waals surface area contributed by atoms with Crippen LogP contribution in [-0.4, -0.2) is 10.6 Å². The van der Waals surface area contributed by atoms with Gasteiger partial charge in [-0.05, 0) is 94.1 Å². The van der Waals surface area contributed by atoms with Crippen molar-refractivity contribution in [2.45, 2.75) is 12.0 Å². The number of aromatic nitrogens is 1. The molecule has 2 unspecified atom stereocenters. The van der Waals surface area contributed by atoms with Crippen LogP contribution in [-0.2, 0) is 0 Å². The number of para-hydroxylation sites is 4. The molecule has 2 aromatic heterocycles. The number of fused-ring (bicyclic) bond motifs is 10. The molecule has 51 heavy (non-hydrogen) atoms. The molecule has 3 heteroatoms. The Morgan fingerprint density at radius 1 is 0.471 bits per heavy atom. The van der Waals surface area contributed by atoms with Gasteiger partial charge in [-0.2, -0.15) is 0 Å². The first-order valence-corrected chi connectivity index (χ1v) is 17.7. The molecule has 240 valence electrons. The summed E-state index contributed by atoms with van der Waals surface area (Å²) in [6.45, 7) is 0. The van der Waals surface area contributed by atoms with Crippen LogP contribution >= 0.6 is 0 Å². The third-order valence-electron chi connectivity index (χ3n) is 11.0. The Morgan fingerprint density at radius 3 is 1.92 bits per heavy atom. The maximum atomic E-state index is 6.06. The molecular weight excluding hydrogens is 621 g/mol. The predicted octanol–water partition coefficient (Wildman–Crippen LogP) is 12.5. The average Bonchev–Trinajstić information content (AvgIpc) is 3.86. The molecular formula is C48H32N2O. The summed E-state index contributed by atoms with van der Waals surface area (Å²) in [7, 11) is 0. The molecule has 11 rings (SSSR count). The Hall–Kier alpha value is -6.58. The van der Waals surface area contributed by atoms with Gasteiger partial charge in [0.1, 0.15) is 11.2 Å². The van der Waals surface area contributed by atoms with E-state index in [0.717, 1.165) is 21.9 Å². The molecule has 7 aromatic carbocycles.